The maximum absolute atomic E-state index is 12.5. The first-order valence-electron chi connectivity index (χ1n) is 10.3. The van der Waals surface area contributed by atoms with E-state index in [1.54, 1.807) is 9.80 Å². The zero-order valence-corrected chi connectivity index (χ0v) is 18.7. The molecule has 172 valence electrons. The number of carbonyl (C=O) groups excluding carboxylic acids is 2. The first kappa shape index (κ1) is 23.3. The molecule has 0 spiro atoms. The second kappa shape index (κ2) is 10.3. The van der Waals surface area contributed by atoms with Gasteiger partial charge in [-0.1, -0.05) is 0 Å². The third kappa shape index (κ3) is 5.66. The van der Waals surface area contributed by atoms with Gasteiger partial charge in [0.25, 0.3) is 5.91 Å². The van der Waals surface area contributed by atoms with Crippen molar-refractivity contribution in [1.82, 2.24) is 14.5 Å². The van der Waals surface area contributed by atoms with Crippen molar-refractivity contribution in [1.29, 1.82) is 0 Å². The second-order valence-corrected chi connectivity index (χ2v) is 9.14. The Kier molecular flexibility index (Phi) is 7.74. The molecule has 0 radical (unpaired) electrons. The summed E-state index contributed by atoms with van der Waals surface area (Å²) in [6.45, 7) is 2.38. The van der Waals surface area contributed by atoms with Gasteiger partial charge in [-0.2, -0.15) is 0 Å². The van der Waals surface area contributed by atoms with Crippen LogP contribution in [0.1, 0.15) is 19.3 Å². The van der Waals surface area contributed by atoms with Gasteiger partial charge in [0.05, 0.1) is 19.1 Å². The van der Waals surface area contributed by atoms with E-state index < -0.39 is 10.0 Å². The van der Waals surface area contributed by atoms with Crippen molar-refractivity contribution in [3.05, 3.63) is 18.2 Å². The second-order valence-electron chi connectivity index (χ2n) is 7.37. The third-order valence-corrected chi connectivity index (χ3v) is 6.90. The molecule has 1 N–H and O–H groups in total. The van der Waals surface area contributed by atoms with Gasteiger partial charge >= 0.3 is 0 Å². The Labute approximate surface area is 182 Å². The van der Waals surface area contributed by atoms with Crippen molar-refractivity contribution in [2.45, 2.75) is 30.3 Å². The molecule has 2 amide bonds. The van der Waals surface area contributed by atoms with Crippen molar-refractivity contribution in [2.24, 2.45) is 0 Å². The molecule has 2 heterocycles. The average molecular weight is 456 g/mol. The maximum Gasteiger partial charge on any atom is 0.251 e. The minimum Gasteiger partial charge on any atom is -0.493 e. The molecule has 0 saturated carbocycles. The molecule has 3 rings (SSSR count). The summed E-state index contributed by atoms with van der Waals surface area (Å²) in [6.07, 6.45) is 1.33. The van der Waals surface area contributed by atoms with Crippen molar-refractivity contribution in [3.8, 4) is 11.5 Å². The largest absolute Gasteiger partial charge is 0.493 e. The van der Waals surface area contributed by atoms with E-state index in [-0.39, 0.29) is 35.8 Å². The number of piperazine rings is 1. The molecule has 2 fully saturated rings. The highest BCUT2D eigenvalue weighted by Crippen LogP contribution is 2.29. The van der Waals surface area contributed by atoms with E-state index in [9.17, 15) is 18.0 Å². The highest BCUT2D eigenvalue weighted by atomic mass is 32.2. The topological polar surface area (TPSA) is 114 Å². The summed E-state index contributed by atoms with van der Waals surface area (Å²) >= 11 is 0. The molecular weight excluding hydrogens is 426 g/mol. The predicted molar refractivity (Wildman–Crippen MR) is 111 cm³/mol. The summed E-state index contributed by atoms with van der Waals surface area (Å²) in [5.41, 5.74) is 0. The van der Waals surface area contributed by atoms with Crippen molar-refractivity contribution < 1.29 is 32.2 Å². The lowest BCUT2D eigenvalue weighted by Crippen LogP contribution is -2.53. The number of benzene rings is 1. The molecule has 1 aromatic rings. The quantitative estimate of drug-likeness (QED) is 0.596. The highest BCUT2D eigenvalue weighted by Gasteiger charge is 2.31. The normalized spacial score (nSPS) is 19.4. The summed E-state index contributed by atoms with van der Waals surface area (Å²) in [4.78, 5) is 28.3. The Morgan fingerprint density at radius 1 is 1.10 bits per heavy atom. The molecule has 0 aromatic heterocycles. The lowest BCUT2D eigenvalue weighted by atomic mass is 10.2. The van der Waals surface area contributed by atoms with Crippen LogP contribution < -0.4 is 14.2 Å². The monoisotopic (exact) mass is 455 g/mol. The standard InChI is InChI=1S/C20H29N3O7S/c1-28-16-6-5-15(14-18(16)29-2)31(26,27)21-8-7-19(24)22-9-11-23(12-10-22)20(25)17-4-3-13-30-17/h5-6,14,17,21H,3-4,7-13H2,1-2H3. The predicted octanol–water partition coefficient (Wildman–Crippen LogP) is 0.222. The molecule has 1 aromatic carbocycles. The minimum absolute atomic E-state index is 0.00715. The fourth-order valence-electron chi connectivity index (χ4n) is 3.67. The van der Waals surface area contributed by atoms with Crippen LogP contribution in [0.4, 0.5) is 0 Å². The van der Waals surface area contributed by atoms with Gasteiger partial charge in [0.2, 0.25) is 15.9 Å². The maximum atomic E-state index is 12.5. The van der Waals surface area contributed by atoms with E-state index in [0.717, 1.165) is 12.8 Å². The molecule has 10 nitrogen and oxygen atoms in total. The minimum atomic E-state index is -3.80. The molecule has 11 heteroatoms. The smallest absolute Gasteiger partial charge is 0.251 e. The molecule has 2 saturated heterocycles. The molecule has 0 aliphatic carbocycles. The number of amides is 2. The SMILES string of the molecule is COc1ccc(S(=O)(=O)NCCC(=O)N2CCN(C(=O)C3CCCO3)CC2)cc1OC. The number of hydrogen-bond acceptors (Lipinski definition) is 7. The summed E-state index contributed by atoms with van der Waals surface area (Å²) in [6, 6.07) is 4.29. The lowest BCUT2D eigenvalue weighted by molar-refractivity contribution is -0.145. The van der Waals surface area contributed by atoms with Crippen LogP contribution in [-0.4, -0.2) is 89.7 Å². The van der Waals surface area contributed by atoms with Crippen LogP contribution in [0.5, 0.6) is 11.5 Å². The van der Waals surface area contributed by atoms with Crippen LogP contribution >= 0.6 is 0 Å². The summed E-state index contributed by atoms with van der Waals surface area (Å²) in [5, 5.41) is 0. The number of carbonyl (C=O) groups is 2. The molecule has 1 atom stereocenters. The third-order valence-electron chi connectivity index (χ3n) is 5.45. The van der Waals surface area contributed by atoms with E-state index in [2.05, 4.69) is 4.72 Å². The lowest BCUT2D eigenvalue weighted by Gasteiger charge is -2.35. The number of rotatable bonds is 8. The summed E-state index contributed by atoms with van der Waals surface area (Å²) in [7, 11) is -0.905. The fraction of sp³-hybridized carbons (Fsp3) is 0.600. The Balaban J connectivity index is 1.46. The van der Waals surface area contributed by atoms with E-state index in [0.29, 0.717) is 44.3 Å². The Hall–Kier alpha value is -2.37. The van der Waals surface area contributed by atoms with Gasteiger partial charge in [-0.3, -0.25) is 9.59 Å². The van der Waals surface area contributed by atoms with Crippen LogP contribution in [0.2, 0.25) is 0 Å². The average Bonchev–Trinajstić information content (AvgIpc) is 3.33. The van der Waals surface area contributed by atoms with Crippen molar-refractivity contribution >= 4 is 21.8 Å². The Morgan fingerprint density at radius 3 is 2.39 bits per heavy atom. The molecule has 2 aliphatic rings. The van der Waals surface area contributed by atoms with Gasteiger partial charge in [-0.05, 0) is 25.0 Å². The van der Waals surface area contributed by atoms with Gasteiger partial charge in [-0.15, -0.1) is 0 Å². The van der Waals surface area contributed by atoms with Crippen LogP contribution in [-0.2, 0) is 24.3 Å². The summed E-state index contributed by atoms with van der Waals surface area (Å²) < 4.78 is 43.2. The molecule has 1 unspecified atom stereocenters. The van der Waals surface area contributed by atoms with Crippen LogP contribution in [0.15, 0.2) is 23.1 Å². The van der Waals surface area contributed by atoms with Gasteiger partial charge in [0.1, 0.15) is 6.10 Å². The van der Waals surface area contributed by atoms with E-state index >= 15 is 0 Å². The highest BCUT2D eigenvalue weighted by molar-refractivity contribution is 7.89. The van der Waals surface area contributed by atoms with Crippen molar-refractivity contribution in [3.63, 3.8) is 0 Å². The molecule has 31 heavy (non-hydrogen) atoms. The van der Waals surface area contributed by atoms with Gasteiger partial charge < -0.3 is 24.0 Å². The number of methoxy groups -OCH3 is 2. The molecule has 0 bridgehead atoms. The van der Waals surface area contributed by atoms with E-state index in [1.165, 1.54) is 32.4 Å². The zero-order valence-electron chi connectivity index (χ0n) is 17.8. The first-order valence-corrected chi connectivity index (χ1v) is 11.7. The van der Waals surface area contributed by atoms with Crippen LogP contribution in [0.25, 0.3) is 0 Å². The first-order chi connectivity index (χ1) is 14.9. The van der Waals surface area contributed by atoms with E-state index in [1.807, 2.05) is 0 Å². The number of nitrogens with zero attached hydrogens (tertiary/aromatic N) is 2. The molecular formula is C20H29N3O7S. The number of sulfonamides is 1. The van der Waals surface area contributed by atoms with E-state index in [4.69, 9.17) is 14.2 Å². The number of nitrogens with one attached hydrogen (secondary N) is 1. The van der Waals surface area contributed by atoms with Gasteiger partial charge in [-0.25, -0.2) is 13.1 Å². The van der Waals surface area contributed by atoms with Gasteiger partial charge in [0, 0.05) is 51.8 Å². The van der Waals surface area contributed by atoms with Gasteiger partial charge in [0.15, 0.2) is 11.5 Å². The zero-order chi connectivity index (χ0) is 22.4. The van der Waals surface area contributed by atoms with Crippen LogP contribution in [0, 0.1) is 0 Å². The molecule has 2 aliphatic heterocycles. The summed E-state index contributed by atoms with van der Waals surface area (Å²) in [5.74, 6) is 0.567. The van der Waals surface area contributed by atoms with Crippen molar-refractivity contribution in [2.75, 3.05) is 53.6 Å². The Morgan fingerprint density at radius 2 is 1.77 bits per heavy atom. The fourth-order valence-corrected chi connectivity index (χ4v) is 4.72. The number of ether oxygens (including phenoxy) is 3. The van der Waals surface area contributed by atoms with Crippen LogP contribution in [0.3, 0.4) is 0 Å². The number of hydrogen-bond donors (Lipinski definition) is 1. The Bertz CT molecular complexity index is 892.